The van der Waals surface area contributed by atoms with E-state index >= 15 is 0 Å². The second-order valence-electron chi connectivity index (χ2n) is 6.25. The molecule has 3 rings (SSSR count). The predicted octanol–water partition coefficient (Wildman–Crippen LogP) is 3.01. The van der Waals surface area contributed by atoms with E-state index in [0.29, 0.717) is 17.2 Å². The molecule has 0 aromatic heterocycles. The Morgan fingerprint density at radius 2 is 1.88 bits per heavy atom. The Bertz CT molecular complexity index is 833. The van der Waals surface area contributed by atoms with Crippen LogP contribution in [0.1, 0.15) is 18.1 Å². The molecule has 0 fully saturated rings. The number of anilines is 1. The lowest BCUT2D eigenvalue weighted by Gasteiger charge is -2.26. The number of carbonyl (C=O) groups is 2. The van der Waals surface area contributed by atoms with Gasteiger partial charge in [0.1, 0.15) is 6.61 Å². The fraction of sp³-hybridized carbons (Fsp3) is 0.300. The Balaban J connectivity index is 1.59. The molecular weight excluding hydrogens is 334 g/mol. The van der Waals surface area contributed by atoms with Crippen LogP contribution in [0.5, 0.6) is 11.5 Å². The minimum absolute atomic E-state index is 0.0428. The number of ether oxygens (including phenoxy) is 3. The topological polar surface area (TPSA) is 73.9 Å². The summed E-state index contributed by atoms with van der Waals surface area (Å²) in [5.41, 5.74) is 2.66. The molecule has 2 aromatic carbocycles. The molecule has 0 spiro atoms. The van der Waals surface area contributed by atoms with E-state index in [2.05, 4.69) is 5.32 Å². The second kappa shape index (κ2) is 7.47. The highest BCUT2D eigenvalue weighted by molar-refractivity contribution is 5.96. The molecule has 136 valence electrons. The summed E-state index contributed by atoms with van der Waals surface area (Å²) in [5.74, 6) is 0.0257. The molecule has 1 aliphatic heterocycles. The molecule has 0 bridgehead atoms. The molecule has 1 aliphatic rings. The smallest absolute Gasteiger partial charge is 0.351 e. The van der Waals surface area contributed by atoms with Gasteiger partial charge in [-0.1, -0.05) is 24.3 Å². The van der Waals surface area contributed by atoms with Crippen LogP contribution in [0.15, 0.2) is 42.5 Å². The third-order valence-corrected chi connectivity index (χ3v) is 4.08. The van der Waals surface area contributed by atoms with Gasteiger partial charge in [-0.3, -0.25) is 4.79 Å². The van der Waals surface area contributed by atoms with Crippen molar-refractivity contribution in [2.75, 3.05) is 11.9 Å². The predicted molar refractivity (Wildman–Crippen MR) is 96.5 cm³/mol. The van der Waals surface area contributed by atoms with Gasteiger partial charge in [0.05, 0.1) is 0 Å². The number of para-hydroxylation sites is 2. The van der Waals surface area contributed by atoms with Gasteiger partial charge in [-0.05, 0) is 50.1 Å². The number of aryl methyl sites for hydroxylation is 2. The van der Waals surface area contributed by atoms with Crippen molar-refractivity contribution in [2.24, 2.45) is 0 Å². The fourth-order valence-electron chi connectivity index (χ4n) is 2.54. The van der Waals surface area contributed by atoms with Crippen LogP contribution in [-0.4, -0.2) is 30.7 Å². The summed E-state index contributed by atoms with van der Waals surface area (Å²) in [7, 11) is 0. The van der Waals surface area contributed by atoms with Crippen molar-refractivity contribution in [3.63, 3.8) is 0 Å². The molecule has 0 saturated carbocycles. The van der Waals surface area contributed by atoms with Crippen molar-refractivity contribution in [1.82, 2.24) is 0 Å². The van der Waals surface area contributed by atoms with Crippen LogP contribution in [-0.2, 0) is 14.3 Å². The van der Waals surface area contributed by atoms with E-state index in [-0.39, 0.29) is 6.61 Å². The quantitative estimate of drug-likeness (QED) is 0.854. The molecule has 0 saturated heterocycles. The number of esters is 1. The number of rotatable bonds is 4. The Kier molecular flexibility index (Phi) is 5.11. The van der Waals surface area contributed by atoms with Crippen molar-refractivity contribution >= 4 is 17.6 Å². The zero-order chi connectivity index (χ0) is 18.7. The Hall–Kier alpha value is -3.02. The molecule has 0 radical (unpaired) electrons. The minimum Gasteiger partial charge on any atom is -0.485 e. The van der Waals surface area contributed by atoms with Crippen molar-refractivity contribution in [2.45, 2.75) is 33.0 Å². The number of benzene rings is 2. The first-order chi connectivity index (χ1) is 12.4. The van der Waals surface area contributed by atoms with Crippen LogP contribution in [0.4, 0.5) is 5.69 Å². The average molecular weight is 355 g/mol. The van der Waals surface area contributed by atoms with E-state index in [1.165, 1.54) is 6.92 Å². The van der Waals surface area contributed by atoms with Gasteiger partial charge < -0.3 is 19.5 Å². The molecule has 2 aromatic rings. The summed E-state index contributed by atoms with van der Waals surface area (Å²) in [5, 5.41) is 2.79. The summed E-state index contributed by atoms with van der Waals surface area (Å²) in [6.07, 6.45) is -1.86. The number of hydrogen-bond donors (Lipinski definition) is 1. The Labute approximate surface area is 152 Å². The third kappa shape index (κ3) is 3.96. The summed E-state index contributed by atoms with van der Waals surface area (Å²) in [6.45, 7) is 5.41. The first kappa shape index (κ1) is 17.8. The first-order valence-corrected chi connectivity index (χ1v) is 8.41. The van der Waals surface area contributed by atoms with Gasteiger partial charge in [0.25, 0.3) is 5.91 Å². The van der Waals surface area contributed by atoms with Gasteiger partial charge in [0.2, 0.25) is 6.10 Å². The highest BCUT2D eigenvalue weighted by Crippen LogP contribution is 2.31. The maximum absolute atomic E-state index is 12.3. The van der Waals surface area contributed by atoms with Gasteiger partial charge in [-0.25, -0.2) is 4.79 Å². The number of amides is 1. The van der Waals surface area contributed by atoms with Gasteiger partial charge >= 0.3 is 5.97 Å². The number of fused-ring (bicyclic) bond motifs is 1. The molecule has 1 amide bonds. The van der Waals surface area contributed by atoms with Crippen LogP contribution in [0.3, 0.4) is 0 Å². The minimum atomic E-state index is -0.955. The molecule has 6 heteroatoms. The molecule has 0 aliphatic carbocycles. The maximum Gasteiger partial charge on any atom is 0.351 e. The summed E-state index contributed by atoms with van der Waals surface area (Å²) in [6, 6.07) is 12.8. The van der Waals surface area contributed by atoms with Crippen LogP contribution in [0, 0.1) is 13.8 Å². The van der Waals surface area contributed by atoms with Crippen LogP contribution < -0.4 is 14.8 Å². The molecular formula is C20H21NO5. The van der Waals surface area contributed by atoms with E-state index in [9.17, 15) is 9.59 Å². The molecule has 6 nitrogen and oxygen atoms in total. The summed E-state index contributed by atoms with van der Waals surface area (Å²) < 4.78 is 16.3. The Morgan fingerprint density at radius 1 is 1.15 bits per heavy atom. The first-order valence-electron chi connectivity index (χ1n) is 8.41. The van der Waals surface area contributed by atoms with Crippen molar-refractivity contribution in [3.05, 3.63) is 53.6 Å². The van der Waals surface area contributed by atoms with Gasteiger partial charge in [0, 0.05) is 5.69 Å². The lowest BCUT2D eigenvalue weighted by molar-refractivity contribution is -0.162. The van der Waals surface area contributed by atoms with E-state index in [1.54, 1.807) is 18.2 Å². The summed E-state index contributed by atoms with van der Waals surface area (Å²) in [4.78, 5) is 24.6. The van der Waals surface area contributed by atoms with E-state index in [0.717, 1.165) is 11.1 Å². The zero-order valence-electron chi connectivity index (χ0n) is 14.9. The molecule has 26 heavy (non-hydrogen) atoms. The van der Waals surface area contributed by atoms with Crippen LogP contribution >= 0.6 is 0 Å². The standard InChI is InChI=1S/C20H21NO5/c1-12-8-9-13(2)15(10-12)21-19(22)14(3)25-20(23)18-11-24-16-6-4-5-7-17(16)26-18/h4-10,14,18H,11H2,1-3H3,(H,21,22)/t14-,18+/m1/s1. The van der Waals surface area contributed by atoms with Crippen molar-refractivity contribution in [1.29, 1.82) is 0 Å². The normalized spacial score (nSPS) is 16.5. The number of hydrogen-bond acceptors (Lipinski definition) is 5. The molecule has 1 N–H and O–H groups in total. The maximum atomic E-state index is 12.3. The van der Waals surface area contributed by atoms with Crippen molar-refractivity contribution < 1.29 is 23.8 Å². The zero-order valence-corrected chi connectivity index (χ0v) is 14.9. The molecule has 2 atom stereocenters. The molecule has 0 unspecified atom stereocenters. The lowest BCUT2D eigenvalue weighted by Crippen LogP contribution is -2.41. The lowest BCUT2D eigenvalue weighted by atomic mass is 10.1. The fourth-order valence-corrected chi connectivity index (χ4v) is 2.54. The van der Waals surface area contributed by atoms with E-state index < -0.39 is 24.1 Å². The van der Waals surface area contributed by atoms with Crippen molar-refractivity contribution in [3.8, 4) is 11.5 Å². The number of nitrogens with one attached hydrogen (secondary N) is 1. The highest BCUT2D eigenvalue weighted by atomic mass is 16.6. The SMILES string of the molecule is Cc1ccc(C)c(NC(=O)[C@@H](C)OC(=O)[C@@H]2COc3ccccc3O2)c1. The second-order valence-corrected chi connectivity index (χ2v) is 6.25. The summed E-state index contributed by atoms with van der Waals surface area (Å²) >= 11 is 0. The van der Waals surface area contributed by atoms with E-state index in [4.69, 9.17) is 14.2 Å². The van der Waals surface area contributed by atoms with Crippen LogP contribution in [0.25, 0.3) is 0 Å². The average Bonchev–Trinajstić information content (AvgIpc) is 2.64. The van der Waals surface area contributed by atoms with Gasteiger partial charge in [0.15, 0.2) is 17.6 Å². The van der Waals surface area contributed by atoms with Gasteiger partial charge in [-0.15, -0.1) is 0 Å². The van der Waals surface area contributed by atoms with Crippen LogP contribution in [0.2, 0.25) is 0 Å². The third-order valence-electron chi connectivity index (χ3n) is 4.08. The highest BCUT2D eigenvalue weighted by Gasteiger charge is 2.31. The Morgan fingerprint density at radius 3 is 2.65 bits per heavy atom. The van der Waals surface area contributed by atoms with Gasteiger partial charge in [-0.2, -0.15) is 0 Å². The monoisotopic (exact) mass is 355 g/mol. The molecule has 1 heterocycles. The number of carbonyl (C=O) groups excluding carboxylic acids is 2. The van der Waals surface area contributed by atoms with E-state index in [1.807, 2.05) is 38.1 Å². The largest absolute Gasteiger partial charge is 0.485 e.